The molecule has 1 N–H and O–H groups in total. The highest BCUT2D eigenvalue weighted by Crippen LogP contribution is 2.31. The van der Waals surface area contributed by atoms with Crippen LogP contribution in [0.2, 0.25) is 0 Å². The lowest BCUT2D eigenvalue weighted by Crippen LogP contribution is -2.26. The number of thiazole rings is 1. The number of nitriles is 1. The van der Waals surface area contributed by atoms with Crippen LogP contribution >= 0.6 is 28.3 Å². The van der Waals surface area contributed by atoms with Crippen molar-refractivity contribution >= 4 is 28.3 Å². The van der Waals surface area contributed by atoms with Crippen LogP contribution in [-0.4, -0.2) is 18.1 Å². The second kappa shape index (κ2) is 6.98. The summed E-state index contributed by atoms with van der Waals surface area (Å²) in [5.74, 6) is 0.610. The summed E-state index contributed by atoms with van der Waals surface area (Å²) in [5, 5.41) is 15.6. The van der Waals surface area contributed by atoms with Crippen LogP contribution in [0.4, 0.5) is 0 Å². The molecule has 1 aromatic heterocycles. The third-order valence-corrected chi connectivity index (χ3v) is 4.53. The Morgan fingerprint density at radius 1 is 1.20 bits per heavy atom. The highest BCUT2D eigenvalue weighted by atomic mass is 79.9. The summed E-state index contributed by atoms with van der Waals surface area (Å²) >= 11 is 1.76. The zero-order chi connectivity index (χ0) is 13.1. The molecule has 5 heteroatoms. The van der Waals surface area contributed by atoms with Crippen LogP contribution in [-0.2, 0) is 0 Å². The SMILES string of the molecule is Br.N#Cc1ccc(-c2csc(C3CCNCC3)n2)cc1. The number of nitrogens with one attached hydrogen (secondary N) is 1. The Hall–Kier alpha value is -1.22. The second-order valence-corrected chi connectivity index (χ2v) is 5.67. The third-order valence-electron chi connectivity index (χ3n) is 3.52. The quantitative estimate of drug-likeness (QED) is 0.898. The fourth-order valence-electron chi connectivity index (χ4n) is 2.39. The van der Waals surface area contributed by atoms with Crippen molar-refractivity contribution < 1.29 is 0 Å². The van der Waals surface area contributed by atoms with E-state index in [9.17, 15) is 0 Å². The minimum Gasteiger partial charge on any atom is -0.317 e. The fraction of sp³-hybridized carbons (Fsp3) is 0.333. The van der Waals surface area contributed by atoms with Gasteiger partial charge in [-0.1, -0.05) is 12.1 Å². The van der Waals surface area contributed by atoms with Gasteiger partial charge in [0.2, 0.25) is 0 Å². The lowest BCUT2D eigenvalue weighted by Gasteiger charge is -2.20. The monoisotopic (exact) mass is 349 g/mol. The van der Waals surface area contributed by atoms with Crippen molar-refractivity contribution in [1.29, 1.82) is 5.26 Å². The predicted octanol–water partition coefficient (Wildman–Crippen LogP) is 3.73. The minimum atomic E-state index is 0. The number of hydrogen-bond donors (Lipinski definition) is 1. The maximum absolute atomic E-state index is 8.80. The van der Waals surface area contributed by atoms with Crippen molar-refractivity contribution in [2.24, 2.45) is 0 Å². The van der Waals surface area contributed by atoms with Crippen LogP contribution in [0, 0.1) is 11.3 Å². The molecule has 104 valence electrons. The van der Waals surface area contributed by atoms with Crippen LogP contribution in [0.1, 0.15) is 29.3 Å². The Morgan fingerprint density at radius 2 is 1.90 bits per heavy atom. The van der Waals surface area contributed by atoms with E-state index in [-0.39, 0.29) is 17.0 Å². The number of halogens is 1. The third kappa shape index (κ3) is 3.26. The van der Waals surface area contributed by atoms with Gasteiger partial charge in [-0.3, -0.25) is 0 Å². The van der Waals surface area contributed by atoms with E-state index in [0.29, 0.717) is 11.5 Å². The molecule has 0 bridgehead atoms. The molecular formula is C15H16BrN3S. The molecule has 0 unspecified atom stereocenters. The van der Waals surface area contributed by atoms with Crippen molar-refractivity contribution in [3.63, 3.8) is 0 Å². The van der Waals surface area contributed by atoms with E-state index in [2.05, 4.69) is 16.8 Å². The highest BCUT2D eigenvalue weighted by molar-refractivity contribution is 8.93. The summed E-state index contributed by atoms with van der Waals surface area (Å²) in [4.78, 5) is 4.77. The Labute approximate surface area is 133 Å². The molecule has 2 aromatic rings. The highest BCUT2D eigenvalue weighted by Gasteiger charge is 2.18. The van der Waals surface area contributed by atoms with Crippen molar-refractivity contribution in [3.05, 3.63) is 40.2 Å². The number of benzene rings is 1. The molecule has 0 saturated carbocycles. The van der Waals surface area contributed by atoms with Gasteiger partial charge < -0.3 is 5.32 Å². The van der Waals surface area contributed by atoms with Gasteiger partial charge in [-0.05, 0) is 38.1 Å². The van der Waals surface area contributed by atoms with Crippen LogP contribution in [0.5, 0.6) is 0 Å². The minimum absolute atomic E-state index is 0. The normalized spacial score (nSPS) is 15.3. The summed E-state index contributed by atoms with van der Waals surface area (Å²) in [6.45, 7) is 2.19. The maximum Gasteiger partial charge on any atom is 0.0991 e. The summed E-state index contributed by atoms with van der Waals surface area (Å²) in [6, 6.07) is 9.77. The van der Waals surface area contributed by atoms with E-state index in [1.54, 1.807) is 11.3 Å². The number of aromatic nitrogens is 1. The molecule has 3 rings (SSSR count). The molecule has 0 radical (unpaired) electrons. The molecule has 0 amide bonds. The summed E-state index contributed by atoms with van der Waals surface area (Å²) in [5.41, 5.74) is 2.82. The molecule has 1 saturated heterocycles. The molecule has 0 aliphatic carbocycles. The van der Waals surface area contributed by atoms with Gasteiger partial charge in [-0.15, -0.1) is 28.3 Å². The first-order chi connectivity index (χ1) is 9.36. The van der Waals surface area contributed by atoms with Gasteiger partial charge in [0.15, 0.2) is 0 Å². The van der Waals surface area contributed by atoms with Gasteiger partial charge in [0.25, 0.3) is 0 Å². The summed E-state index contributed by atoms with van der Waals surface area (Å²) in [6.07, 6.45) is 2.36. The lowest BCUT2D eigenvalue weighted by atomic mass is 9.99. The molecule has 0 spiro atoms. The van der Waals surface area contributed by atoms with E-state index < -0.39 is 0 Å². The van der Waals surface area contributed by atoms with Crippen LogP contribution in [0.3, 0.4) is 0 Å². The molecular weight excluding hydrogens is 334 g/mol. The van der Waals surface area contributed by atoms with Gasteiger partial charge in [-0.2, -0.15) is 5.26 Å². The Balaban J connectivity index is 0.00000147. The molecule has 20 heavy (non-hydrogen) atoms. The Morgan fingerprint density at radius 3 is 2.55 bits per heavy atom. The smallest absolute Gasteiger partial charge is 0.0991 e. The van der Waals surface area contributed by atoms with Crippen molar-refractivity contribution in [2.75, 3.05) is 13.1 Å². The molecule has 1 aliphatic heterocycles. The van der Waals surface area contributed by atoms with Gasteiger partial charge in [0, 0.05) is 16.9 Å². The number of hydrogen-bond acceptors (Lipinski definition) is 4. The van der Waals surface area contributed by atoms with Gasteiger partial charge in [-0.25, -0.2) is 4.98 Å². The Bertz CT molecular complexity index is 594. The van der Waals surface area contributed by atoms with E-state index in [0.717, 1.165) is 24.3 Å². The van der Waals surface area contributed by atoms with E-state index in [4.69, 9.17) is 10.2 Å². The topological polar surface area (TPSA) is 48.7 Å². The van der Waals surface area contributed by atoms with Crippen LogP contribution < -0.4 is 5.32 Å². The average molecular weight is 350 g/mol. The fourth-order valence-corrected chi connectivity index (χ4v) is 3.39. The predicted molar refractivity (Wildman–Crippen MR) is 87.4 cm³/mol. The lowest BCUT2D eigenvalue weighted by molar-refractivity contribution is 0.459. The van der Waals surface area contributed by atoms with E-state index in [1.807, 2.05) is 24.3 Å². The molecule has 0 atom stereocenters. The first kappa shape index (κ1) is 15.2. The molecule has 1 fully saturated rings. The molecule has 3 nitrogen and oxygen atoms in total. The molecule has 2 heterocycles. The number of rotatable bonds is 2. The Kier molecular flexibility index (Phi) is 5.30. The van der Waals surface area contributed by atoms with Gasteiger partial charge in [0.1, 0.15) is 0 Å². The van der Waals surface area contributed by atoms with Crippen molar-refractivity contribution in [1.82, 2.24) is 10.3 Å². The zero-order valence-electron chi connectivity index (χ0n) is 11.0. The van der Waals surface area contributed by atoms with Gasteiger partial charge in [0.05, 0.1) is 22.3 Å². The zero-order valence-corrected chi connectivity index (χ0v) is 13.5. The maximum atomic E-state index is 8.80. The van der Waals surface area contributed by atoms with Crippen molar-refractivity contribution in [3.8, 4) is 17.3 Å². The average Bonchev–Trinajstić information content (AvgIpc) is 2.98. The standard InChI is InChI=1S/C15H15N3S.BrH/c16-9-11-1-3-12(4-2-11)14-10-19-15(18-14)13-5-7-17-8-6-13;/h1-4,10,13,17H,5-8H2;1H. The largest absolute Gasteiger partial charge is 0.317 e. The van der Waals surface area contributed by atoms with Gasteiger partial charge >= 0.3 is 0 Å². The first-order valence-electron chi connectivity index (χ1n) is 6.53. The second-order valence-electron chi connectivity index (χ2n) is 4.78. The molecule has 1 aliphatic rings. The van der Waals surface area contributed by atoms with Crippen molar-refractivity contribution in [2.45, 2.75) is 18.8 Å². The van der Waals surface area contributed by atoms with Crippen LogP contribution in [0.15, 0.2) is 29.6 Å². The number of piperidine rings is 1. The first-order valence-corrected chi connectivity index (χ1v) is 7.41. The van der Waals surface area contributed by atoms with E-state index >= 15 is 0 Å². The summed E-state index contributed by atoms with van der Waals surface area (Å²) in [7, 11) is 0. The van der Waals surface area contributed by atoms with Crippen LogP contribution in [0.25, 0.3) is 11.3 Å². The number of nitrogens with zero attached hydrogens (tertiary/aromatic N) is 2. The summed E-state index contributed by atoms with van der Waals surface area (Å²) < 4.78 is 0. The molecule has 1 aromatic carbocycles. The van der Waals surface area contributed by atoms with E-state index in [1.165, 1.54) is 17.8 Å².